The Kier molecular flexibility index (Phi) is 9.85. The molecule has 5 aliphatic rings. The lowest BCUT2D eigenvalue weighted by Crippen LogP contribution is -2.66. The molecule has 0 amide bonds. The van der Waals surface area contributed by atoms with Gasteiger partial charge >= 0.3 is 0 Å². The summed E-state index contributed by atoms with van der Waals surface area (Å²) in [5.41, 5.74) is -1.65. The van der Waals surface area contributed by atoms with Crippen molar-refractivity contribution in [1.82, 2.24) is 0 Å². The predicted octanol–water partition coefficient (Wildman–Crippen LogP) is 1.53. The van der Waals surface area contributed by atoms with Gasteiger partial charge in [0.1, 0.15) is 18.3 Å². The summed E-state index contributed by atoms with van der Waals surface area (Å²) in [5.74, 6) is -0.895. The summed E-state index contributed by atoms with van der Waals surface area (Å²) in [6.07, 6.45) is 1.36. The number of aliphatic hydroxyl groups is 7. The molecule has 4 fully saturated rings. The molecule has 10 heteroatoms. The third-order valence-corrected chi connectivity index (χ3v) is 12.7. The van der Waals surface area contributed by atoms with Crippen LogP contribution in [0, 0.1) is 46.3 Å². The van der Waals surface area contributed by atoms with Crippen molar-refractivity contribution >= 4 is 0 Å². The maximum atomic E-state index is 12.6. The van der Waals surface area contributed by atoms with Crippen LogP contribution in [0.2, 0.25) is 0 Å². The number of methoxy groups -OCH3 is 1. The molecule has 1 saturated heterocycles. The molecule has 0 bridgehead atoms. The molecule has 0 aromatic carbocycles. The van der Waals surface area contributed by atoms with E-state index in [1.807, 2.05) is 13.0 Å². The van der Waals surface area contributed by atoms with Crippen LogP contribution in [0.1, 0.15) is 66.7 Å². The van der Waals surface area contributed by atoms with Gasteiger partial charge in [0, 0.05) is 26.1 Å². The Morgan fingerprint density at radius 3 is 2.36 bits per heavy atom. The summed E-state index contributed by atoms with van der Waals surface area (Å²) in [6.45, 7) is 10.3. The van der Waals surface area contributed by atoms with Gasteiger partial charge in [-0.05, 0) is 71.7 Å². The molecule has 10 nitrogen and oxygen atoms in total. The lowest BCUT2D eigenvalue weighted by atomic mass is 9.43. The Labute approximate surface area is 261 Å². The highest BCUT2D eigenvalue weighted by atomic mass is 16.7. The number of hydrogen-bond acceptors (Lipinski definition) is 10. The average Bonchev–Trinajstić information content (AvgIpc) is 3.18. The van der Waals surface area contributed by atoms with Crippen molar-refractivity contribution in [3.63, 3.8) is 0 Å². The minimum absolute atomic E-state index is 0.0589. The van der Waals surface area contributed by atoms with Crippen molar-refractivity contribution in [2.45, 2.75) is 121 Å². The normalized spacial score (nSPS) is 51.2. The molecule has 1 aliphatic heterocycles. The molecule has 1 heterocycles. The summed E-state index contributed by atoms with van der Waals surface area (Å²) in [4.78, 5) is 0. The third-order valence-electron chi connectivity index (χ3n) is 12.7. The molecule has 0 spiro atoms. The Morgan fingerprint density at radius 1 is 1.00 bits per heavy atom. The number of hydrogen-bond donors (Lipinski definition) is 7. The number of rotatable bonds is 8. The summed E-state index contributed by atoms with van der Waals surface area (Å²) < 4.78 is 17.2. The van der Waals surface area contributed by atoms with Crippen LogP contribution in [0.25, 0.3) is 0 Å². The van der Waals surface area contributed by atoms with Gasteiger partial charge in [0.25, 0.3) is 0 Å². The zero-order valence-electron chi connectivity index (χ0n) is 27.1. The number of ether oxygens (including phenoxy) is 3. The van der Waals surface area contributed by atoms with Crippen LogP contribution in [-0.2, 0) is 14.2 Å². The molecule has 1 unspecified atom stereocenters. The smallest absolute Gasteiger partial charge is 0.187 e. The molecule has 4 aliphatic carbocycles. The average molecular weight is 625 g/mol. The van der Waals surface area contributed by atoms with Gasteiger partial charge in [0.2, 0.25) is 0 Å². The summed E-state index contributed by atoms with van der Waals surface area (Å²) in [7, 11) is 1.43. The fraction of sp³-hybridized carbons (Fsp3) is 0.882. The first-order chi connectivity index (χ1) is 20.6. The maximum Gasteiger partial charge on any atom is 0.187 e. The van der Waals surface area contributed by atoms with Crippen LogP contribution in [-0.4, -0.2) is 111 Å². The van der Waals surface area contributed by atoms with E-state index in [1.54, 1.807) is 0 Å². The van der Waals surface area contributed by atoms with Gasteiger partial charge in [0.15, 0.2) is 6.29 Å². The van der Waals surface area contributed by atoms with Crippen molar-refractivity contribution < 1.29 is 50.0 Å². The van der Waals surface area contributed by atoms with E-state index in [9.17, 15) is 35.7 Å². The Balaban J connectivity index is 1.39. The van der Waals surface area contributed by atoms with Crippen LogP contribution >= 0.6 is 0 Å². The van der Waals surface area contributed by atoms with Crippen LogP contribution < -0.4 is 0 Å². The first-order valence-corrected chi connectivity index (χ1v) is 16.6. The molecule has 0 aromatic heterocycles. The van der Waals surface area contributed by atoms with E-state index in [4.69, 9.17) is 14.2 Å². The fourth-order valence-electron chi connectivity index (χ4n) is 10.1. The zero-order chi connectivity index (χ0) is 32.4. The standard InChI is InChI=1S/C34H56O10/c1-17(19(3)15-35)7-8-18(2)25-27(39)28(40)30-33(25,5)12-10-24-32(4)11-9-20(13-21(32)22(36)14-34(24,30)41)44-31-29(42-6)26(38)23(37)16-43-31/h7-8,13,17-20,22-31,35-41H,9-12,14-16H2,1-6H3/b8-7+/t17-,18+,19?,20-,22+,23+,24+,25-,26-,27+,28-,29+,30+,31-,32-,33+,34-/m0/s1. The van der Waals surface area contributed by atoms with E-state index in [1.165, 1.54) is 7.11 Å². The van der Waals surface area contributed by atoms with Crippen LogP contribution in [0.3, 0.4) is 0 Å². The first kappa shape index (κ1) is 34.4. The van der Waals surface area contributed by atoms with Crippen molar-refractivity contribution in [3.05, 3.63) is 23.8 Å². The van der Waals surface area contributed by atoms with Crippen molar-refractivity contribution in [3.8, 4) is 0 Å². The maximum absolute atomic E-state index is 12.6. The Hall–Kier alpha value is -0.920. The van der Waals surface area contributed by atoms with Crippen molar-refractivity contribution in [2.24, 2.45) is 46.3 Å². The van der Waals surface area contributed by atoms with Crippen LogP contribution in [0.4, 0.5) is 0 Å². The summed E-state index contributed by atoms with van der Waals surface area (Å²) in [6, 6.07) is 0. The van der Waals surface area contributed by atoms with Crippen molar-refractivity contribution in [2.75, 3.05) is 20.3 Å². The van der Waals surface area contributed by atoms with Gasteiger partial charge < -0.3 is 50.0 Å². The Morgan fingerprint density at radius 2 is 1.70 bits per heavy atom. The third kappa shape index (κ3) is 5.45. The number of allylic oxidation sites excluding steroid dienone is 2. The molecule has 252 valence electrons. The van der Waals surface area contributed by atoms with E-state index in [0.29, 0.717) is 19.3 Å². The SMILES string of the molecule is CO[C@H]1[C@H](O[C@@H]2C=C3[C@H](O)C[C@@]4(O)[C@@H]5[C@@H](O)[C@H](O)[C@H]([C@H](C)/C=C/[C@H](C)C(C)CO)[C@@]5(C)CC[C@@H]4[C@@]3(C)CC2)OC[C@@H](O)[C@@H]1O. The lowest BCUT2D eigenvalue weighted by molar-refractivity contribution is -0.285. The molecule has 0 aromatic rings. The van der Waals surface area contributed by atoms with E-state index in [2.05, 4.69) is 39.8 Å². The Bertz CT molecular complexity index is 1080. The molecule has 3 saturated carbocycles. The zero-order valence-corrected chi connectivity index (χ0v) is 27.1. The van der Waals surface area contributed by atoms with Crippen molar-refractivity contribution in [1.29, 1.82) is 0 Å². The molecule has 17 atom stereocenters. The number of aliphatic hydroxyl groups excluding tert-OH is 6. The van der Waals surface area contributed by atoms with E-state index in [-0.39, 0.29) is 49.2 Å². The van der Waals surface area contributed by atoms with Gasteiger partial charge in [0.05, 0.1) is 36.6 Å². The number of fused-ring (bicyclic) bond motifs is 5. The largest absolute Gasteiger partial charge is 0.396 e. The topological polar surface area (TPSA) is 169 Å². The highest BCUT2D eigenvalue weighted by molar-refractivity contribution is 5.33. The van der Waals surface area contributed by atoms with Gasteiger partial charge in [-0.25, -0.2) is 0 Å². The molecule has 5 rings (SSSR count). The molecule has 7 N–H and O–H groups in total. The minimum atomic E-state index is -1.38. The van der Waals surface area contributed by atoms with E-state index in [0.717, 1.165) is 12.0 Å². The first-order valence-electron chi connectivity index (χ1n) is 16.6. The molecule has 0 radical (unpaired) electrons. The van der Waals surface area contributed by atoms with E-state index < -0.39 is 71.4 Å². The highest BCUT2D eigenvalue weighted by Crippen LogP contribution is 2.69. The van der Waals surface area contributed by atoms with Crippen LogP contribution in [0.15, 0.2) is 23.8 Å². The van der Waals surface area contributed by atoms with Crippen LogP contribution in [0.5, 0.6) is 0 Å². The van der Waals surface area contributed by atoms with Gasteiger partial charge in [-0.2, -0.15) is 0 Å². The predicted molar refractivity (Wildman–Crippen MR) is 162 cm³/mol. The monoisotopic (exact) mass is 624 g/mol. The minimum Gasteiger partial charge on any atom is -0.396 e. The lowest BCUT2D eigenvalue weighted by Gasteiger charge is -2.63. The second kappa shape index (κ2) is 12.6. The summed E-state index contributed by atoms with van der Waals surface area (Å²) >= 11 is 0. The van der Waals surface area contributed by atoms with Gasteiger partial charge in [-0.3, -0.25) is 0 Å². The van der Waals surface area contributed by atoms with E-state index >= 15 is 0 Å². The van der Waals surface area contributed by atoms with Gasteiger partial charge in [-0.1, -0.05) is 52.8 Å². The fourth-order valence-corrected chi connectivity index (χ4v) is 10.1. The molecular formula is C34H56O10. The second-order valence-electron chi connectivity index (χ2n) is 15.3. The highest BCUT2D eigenvalue weighted by Gasteiger charge is 2.72. The molecule has 44 heavy (non-hydrogen) atoms. The quantitative estimate of drug-likeness (QED) is 0.197. The van der Waals surface area contributed by atoms with Gasteiger partial charge in [-0.15, -0.1) is 0 Å². The molecular weight excluding hydrogens is 568 g/mol. The summed E-state index contributed by atoms with van der Waals surface area (Å²) in [5, 5.41) is 77.3. The second-order valence-corrected chi connectivity index (χ2v) is 15.3.